The Bertz CT molecular complexity index is 267. The van der Waals surface area contributed by atoms with Crippen molar-refractivity contribution in [3.05, 3.63) is 0 Å². The van der Waals surface area contributed by atoms with Crippen molar-refractivity contribution in [3.8, 4) is 0 Å². The molecule has 16 heavy (non-hydrogen) atoms. The van der Waals surface area contributed by atoms with Crippen molar-refractivity contribution in [1.82, 2.24) is 10.2 Å². The van der Waals surface area contributed by atoms with Crippen molar-refractivity contribution in [3.63, 3.8) is 0 Å². The summed E-state index contributed by atoms with van der Waals surface area (Å²) in [5.74, 6) is 1.92. The number of carbonyl (C=O) groups is 1. The molecule has 2 aliphatic rings. The number of nitrogens with one attached hydrogen (secondary N) is 1. The maximum atomic E-state index is 12.1. The van der Waals surface area contributed by atoms with Crippen molar-refractivity contribution in [1.29, 1.82) is 0 Å². The molecule has 0 radical (unpaired) electrons. The SMILES string of the molecule is CNC1CCN(C2CCC(C)C(C)C2)C1=O. The third-order valence-electron chi connectivity index (χ3n) is 4.60. The summed E-state index contributed by atoms with van der Waals surface area (Å²) in [6, 6.07) is 0.590. The molecule has 1 aliphatic heterocycles. The largest absolute Gasteiger partial charge is 0.338 e. The van der Waals surface area contributed by atoms with Gasteiger partial charge in [0.25, 0.3) is 0 Å². The van der Waals surface area contributed by atoms with Gasteiger partial charge in [0.05, 0.1) is 6.04 Å². The van der Waals surface area contributed by atoms with Crippen LogP contribution in [0.1, 0.15) is 39.5 Å². The molecular formula is C13H24N2O. The molecule has 1 saturated carbocycles. The predicted molar refractivity (Wildman–Crippen MR) is 65.1 cm³/mol. The van der Waals surface area contributed by atoms with Gasteiger partial charge in [0.15, 0.2) is 0 Å². The molecule has 1 aliphatic carbocycles. The standard InChI is InChI=1S/C13H24N2O/c1-9-4-5-11(8-10(9)2)15-7-6-12(14-3)13(15)16/h9-12,14H,4-8H2,1-3H3. The van der Waals surface area contributed by atoms with E-state index in [9.17, 15) is 4.79 Å². The van der Waals surface area contributed by atoms with Crippen LogP contribution in [0.15, 0.2) is 0 Å². The second-order valence-corrected chi connectivity index (χ2v) is 5.58. The quantitative estimate of drug-likeness (QED) is 0.773. The van der Waals surface area contributed by atoms with E-state index in [1.54, 1.807) is 0 Å². The molecule has 0 aromatic heterocycles. The van der Waals surface area contributed by atoms with Gasteiger partial charge in [-0.25, -0.2) is 0 Å². The van der Waals surface area contributed by atoms with Crippen LogP contribution < -0.4 is 5.32 Å². The lowest BCUT2D eigenvalue weighted by molar-refractivity contribution is -0.132. The van der Waals surface area contributed by atoms with E-state index < -0.39 is 0 Å². The van der Waals surface area contributed by atoms with Crippen molar-refractivity contribution >= 4 is 5.91 Å². The van der Waals surface area contributed by atoms with Gasteiger partial charge in [0.2, 0.25) is 5.91 Å². The number of rotatable bonds is 2. The van der Waals surface area contributed by atoms with Crippen LogP contribution in [0.5, 0.6) is 0 Å². The number of likely N-dealkylation sites (N-methyl/N-ethyl adjacent to an activating group) is 1. The molecule has 1 saturated heterocycles. The molecule has 0 bridgehead atoms. The lowest BCUT2D eigenvalue weighted by Gasteiger charge is -2.37. The average molecular weight is 224 g/mol. The molecule has 0 spiro atoms. The van der Waals surface area contributed by atoms with E-state index in [1.807, 2.05) is 7.05 Å². The lowest BCUT2D eigenvalue weighted by atomic mass is 9.78. The van der Waals surface area contributed by atoms with E-state index in [2.05, 4.69) is 24.1 Å². The number of hydrogen-bond donors (Lipinski definition) is 1. The Morgan fingerprint density at radius 3 is 2.50 bits per heavy atom. The molecule has 3 heteroatoms. The molecule has 92 valence electrons. The zero-order chi connectivity index (χ0) is 11.7. The van der Waals surface area contributed by atoms with Crippen LogP contribution in [0.4, 0.5) is 0 Å². The van der Waals surface area contributed by atoms with Crippen LogP contribution in [0, 0.1) is 11.8 Å². The van der Waals surface area contributed by atoms with Gasteiger partial charge >= 0.3 is 0 Å². The molecule has 4 unspecified atom stereocenters. The van der Waals surface area contributed by atoms with Crippen molar-refractivity contribution in [2.75, 3.05) is 13.6 Å². The monoisotopic (exact) mass is 224 g/mol. The first-order chi connectivity index (χ1) is 7.63. The second kappa shape index (κ2) is 4.74. The van der Waals surface area contributed by atoms with Crippen LogP contribution in [0.2, 0.25) is 0 Å². The van der Waals surface area contributed by atoms with Gasteiger partial charge in [-0.05, 0) is 44.6 Å². The maximum Gasteiger partial charge on any atom is 0.240 e. The zero-order valence-electron chi connectivity index (χ0n) is 10.7. The van der Waals surface area contributed by atoms with E-state index in [1.165, 1.54) is 19.3 Å². The van der Waals surface area contributed by atoms with Crippen LogP contribution in [-0.2, 0) is 4.79 Å². The summed E-state index contributed by atoms with van der Waals surface area (Å²) in [5, 5.41) is 3.11. The Hall–Kier alpha value is -0.570. The Morgan fingerprint density at radius 2 is 1.94 bits per heavy atom. The predicted octanol–water partition coefficient (Wildman–Crippen LogP) is 1.63. The van der Waals surface area contributed by atoms with Crippen LogP contribution >= 0.6 is 0 Å². The minimum absolute atomic E-state index is 0.0784. The molecule has 2 rings (SSSR count). The number of carbonyl (C=O) groups excluding carboxylic acids is 1. The van der Waals surface area contributed by atoms with Crippen LogP contribution in [0.3, 0.4) is 0 Å². The summed E-state index contributed by atoms with van der Waals surface area (Å²) in [6.45, 7) is 5.62. The molecule has 0 aromatic rings. The van der Waals surface area contributed by atoms with Gasteiger partial charge in [0, 0.05) is 12.6 Å². The summed E-state index contributed by atoms with van der Waals surface area (Å²) in [6.07, 6.45) is 4.66. The van der Waals surface area contributed by atoms with E-state index in [0.29, 0.717) is 11.9 Å². The molecule has 0 aromatic carbocycles. The summed E-state index contributed by atoms with van der Waals surface area (Å²) >= 11 is 0. The average Bonchev–Trinajstić information content (AvgIpc) is 2.64. The minimum atomic E-state index is 0.0784. The Labute approximate surface area is 98.6 Å². The van der Waals surface area contributed by atoms with Crippen molar-refractivity contribution < 1.29 is 4.79 Å². The zero-order valence-corrected chi connectivity index (χ0v) is 10.7. The fourth-order valence-electron chi connectivity index (χ4n) is 3.13. The van der Waals surface area contributed by atoms with Gasteiger partial charge in [-0.15, -0.1) is 0 Å². The topological polar surface area (TPSA) is 32.3 Å². The number of likely N-dealkylation sites (tertiary alicyclic amines) is 1. The second-order valence-electron chi connectivity index (χ2n) is 5.58. The Morgan fingerprint density at radius 1 is 1.19 bits per heavy atom. The third-order valence-corrected chi connectivity index (χ3v) is 4.60. The third kappa shape index (κ3) is 2.10. The molecule has 1 heterocycles. The summed E-state index contributed by atoms with van der Waals surface area (Å²) in [7, 11) is 1.89. The first kappa shape index (κ1) is 11.9. The normalized spacial score (nSPS) is 40.4. The fraction of sp³-hybridized carbons (Fsp3) is 0.923. The van der Waals surface area contributed by atoms with Crippen LogP contribution in [-0.4, -0.2) is 36.5 Å². The Balaban J connectivity index is 1.96. The lowest BCUT2D eigenvalue weighted by Crippen LogP contribution is -2.44. The first-order valence-electron chi connectivity index (χ1n) is 6.61. The van der Waals surface area contributed by atoms with E-state index >= 15 is 0 Å². The van der Waals surface area contributed by atoms with E-state index in [-0.39, 0.29) is 6.04 Å². The highest BCUT2D eigenvalue weighted by molar-refractivity contribution is 5.84. The number of hydrogen-bond acceptors (Lipinski definition) is 2. The Kier molecular flexibility index (Phi) is 3.53. The highest BCUT2D eigenvalue weighted by atomic mass is 16.2. The fourth-order valence-corrected chi connectivity index (χ4v) is 3.13. The van der Waals surface area contributed by atoms with Gasteiger partial charge in [-0.1, -0.05) is 13.8 Å². The molecule has 2 fully saturated rings. The van der Waals surface area contributed by atoms with Gasteiger partial charge in [-0.2, -0.15) is 0 Å². The molecule has 3 nitrogen and oxygen atoms in total. The van der Waals surface area contributed by atoms with Crippen molar-refractivity contribution in [2.24, 2.45) is 11.8 Å². The minimum Gasteiger partial charge on any atom is -0.338 e. The number of nitrogens with zero attached hydrogens (tertiary/aromatic N) is 1. The van der Waals surface area contributed by atoms with E-state index in [4.69, 9.17) is 0 Å². The van der Waals surface area contributed by atoms with Gasteiger partial charge in [-0.3, -0.25) is 4.79 Å². The highest BCUT2D eigenvalue weighted by Crippen LogP contribution is 2.33. The molecule has 1 amide bonds. The van der Waals surface area contributed by atoms with Gasteiger partial charge in [0.1, 0.15) is 0 Å². The van der Waals surface area contributed by atoms with Crippen molar-refractivity contribution in [2.45, 2.75) is 51.6 Å². The molecular weight excluding hydrogens is 200 g/mol. The number of amides is 1. The summed E-state index contributed by atoms with van der Waals surface area (Å²) < 4.78 is 0. The summed E-state index contributed by atoms with van der Waals surface area (Å²) in [5.41, 5.74) is 0. The van der Waals surface area contributed by atoms with Crippen LogP contribution in [0.25, 0.3) is 0 Å². The first-order valence-corrected chi connectivity index (χ1v) is 6.61. The molecule has 1 N–H and O–H groups in total. The van der Waals surface area contributed by atoms with E-state index in [0.717, 1.165) is 24.8 Å². The molecule has 4 atom stereocenters. The maximum absolute atomic E-state index is 12.1. The summed E-state index contributed by atoms with van der Waals surface area (Å²) in [4.78, 5) is 14.2. The smallest absolute Gasteiger partial charge is 0.240 e. The highest BCUT2D eigenvalue weighted by Gasteiger charge is 2.37. The van der Waals surface area contributed by atoms with Gasteiger partial charge < -0.3 is 10.2 Å².